The molecule has 1 N–H and O–H groups in total. The quantitative estimate of drug-likeness (QED) is 0.904. The molecule has 1 amide bonds. The molecule has 1 aromatic heterocycles. The average molecular weight is 272 g/mol. The normalized spacial score (nSPS) is 18.2. The number of hydrogen-bond acceptors (Lipinski definition) is 5. The molecule has 1 aliphatic heterocycles. The van der Waals surface area contributed by atoms with Crippen molar-refractivity contribution in [3.8, 4) is 0 Å². The maximum absolute atomic E-state index is 11.4. The van der Waals surface area contributed by atoms with E-state index >= 15 is 0 Å². The second kappa shape index (κ2) is 5.32. The fourth-order valence-electron chi connectivity index (χ4n) is 2.41. The second-order valence-electron chi connectivity index (χ2n) is 4.79. The monoisotopic (exact) mass is 272 g/mol. The zero-order valence-electron chi connectivity index (χ0n) is 11.2. The summed E-state index contributed by atoms with van der Waals surface area (Å²) in [6, 6.07) is 7.93. The molecule has 0 aliphatic carbocycles. The zero-order chi connectivity index (χ0) is 13.9. The van der Waals surface area contributed by atoms with Crippen molar-refractivity contribution in [1.82, 2.24) is 14.9 Å². The van der Waals surface area contributed by atoms with Gasteiger partial charge in [0, 0.05) is 19.1 Å². The number of likely N-dealkylation sites (tertiary alicyclic amines) is 1. The Bertz CT molecular complexity index is 631. The minimum atomic E-state index is -0.279. The number of hydrogen-bond donors (Lipinski definition) is 1. The lowest BCUT2D eigenvalue weighted by molar-refractivity contribution is 0.133. The van der Waals surface area contributed by atoms with Gasteiger partial charge < -0.3 is 15.0 Å². The van der Waals surface area contributed by atoms with Crippen molar-refractivity contribution < 1.29 is 9.53 Å². The van der Waals surface area contributed by atoms with Crippen molar-refractivity contribution in [3.05, 3.63) is 30.5 Å². The molecule has 0 radical (unpaired) electrons. The number of benzene rings is 1. The first-order valence-electron chi connectivity index (χ1n) is 6.57. The molecule has 0 bridgehead atoms. The van der Waals surface area contributed by atoms with E-state index in [4.69, 9.17) is 4.74 Å². The lowest BCUT2D eigenvalue weighted by atomic mass is 10.2. The second-order valence-corrected chi connectivity index (χ2v) is 4.79. The Kier molecular flexibility index (Phi) is 3.37. The highest BCUT2D eigenvalue weighted by molar-refractivity contribution is 5.75. The van der Waals surface area contributed by atoms with Crippen LogP contribution in [0.2, 0.25) is 0 Å². The van der Waals surface area contributed by atoms with E-state index in [1.165, 1.54) is 7.11 Å². The van der Waals surface area contributed by atoms with Gasteiger partial charge in [-0.15, -0.1) is 0 Å². The molecule has 1 atom stereocenters. The number of fused-ring (bicyclic) bond motifs is 1. The number of nitrogens with one attached hydrogen (secondary N) is 1. The van der Waals surface area contributed by atoms with E-state index in [1.54, 1.807) is 11.1 Å². The van der Waals surface area contributed by atoms with Crippen molar-refractivity contribution in [1.29, 1.82) is 0 Å². The minimum absolute atomic E-state index is 0.185. The van der Waals surface area contributed by atoms with E-state index in [2.05, 4.69) is 15.3 Å². The van der Waals surface area contributed by atoms with E-state index in [1.807, 2.05) is 24.3 Å². The summed E-state index contributed by atoms with van der Waals surface area (Å²) < 4.78 is 4.72. The summed E-state index contributed by atoms with van der Waals surface area (Å²) in [5.74, 6) is 0.736. The molecule has 104 valence electrons. The topological polar surface area (TPSA) is 67.3 Å². The van der Waals surface area contributed by atoms with Crippen molar-refractivity contribution >= 4 is 22.9 Å². The smallest absolute Gasteiger partial charge is 0.409 e. The number of anilines is 1. The third-order valence-electron chi connectivity index (χ3n) is 3.42. The van der Waals surface area contributed by atoms with Gasteiger partial charge in [-0.25, -0.2) is 9.78 Å². The average Bonchev–Trinajstić information content (AvgIpc) is 2.95. The van der Waals surface area contributed by atoms with E-state index < -0.39 is 0 Å². The summed E-state index contributed by atoms with van der Waals surface area (Å²) in [6.07, 6.45) is 2.33. The molecule has 1 fully saturated rings. The van der Waals surface area contributed by atoms with Gasteiger partial charge in [-0.1, -0.05) is 12.1 Å². The number of aromatic nitrogens is 2. The van der Waals surface area contributed by atoms with E-state index in [0.717, 1.165) is 23.3 Å². The van der Waals surface area contributed by atoms with Gasteiger partial charge in [0.05, 0.1) is 24.3 Å². The van der Waals surface area contributed by atoms with Gasteiger partial charge in [0.25, 0.3) is 0 Å². The number of carbonyl (C=O) groups is 1. The summed E-state index contributed by atoms with van der Waals surface area (Å²) in [4.78, 5) is 22.0. The van der Waals surface area contributed by atoms with Gasteiger partial charge in [-0.3, -0.25) is 4.98 Å². The van der Waals surface area contributed by atoms with Crippen LogP contribution in [-0.2, 0) is 4.74 Å². The SMILES string of the molecule is COC(=O)N1CCC(Nc2cnc3ccccc3n2)C1. The van der Waals surface area contributed by atoms with Crippen LogP contribution in [0.4, 0.5) is 10.6 Å². The third-order valence-corrected chi connectivity index (χ3v) is 3.42. The Morgan fingerprint density at radius 1 is 1.40 bits per heavy atom. The number of rotatable bonds is 2. The predicted octanol–water partition coefficient (Wildman–Crippen LogP) is 1.88. The Morgan fingerprint density at radius 3 is 3.00 bits per heavy atom. The van der Waals surface area contributed by atoms with Crippen LogP contribution in [0.15, 0.2) is 30.5 Å². The molecule has 3 rings (SSSR count). The van der Waals surface area contributed by atoms with Crippen LogP contribution in [0.5, 0.6) is 0 Å². The Balaban J connectivity index is 1.69. The molecule has 1 aromatic carbocycles. The van der Waals surface area contributed by atoms with E-state index in [0.29, 0.717) is 13.1 Å². The highest BCUT2D eigenvalue weighted by atomic mass is 16.5. The third kappa shape index (κ3) is 2.49. The molecule has 20 heavy (non-hydrogen) atoms. The van der Waals surface area contributed by atoms with Crippen molar-refractivity contribution in [2.45, 2.75) is 12.5 Å². The first-order valence-corrected chi connectivity index (χ1v) is 6.57. The number of ether oxygens (including phenoxy) is 1. The van der Waals surface area contributed by atoms with Crippen LogP contribution in [0.25, 0.3) is 11.0 Å². The zero-order valence-corrected chi connectivity index (χ0v) is 11.2. The first-order chi connectivity index (χ1) is 9.76. The molecule has 2 heterocycles. The van der Waals surface area contributed by atoms with Crippen LogP contribution < -0.4 is 5.32 Å². The molecule has 1 aliphatic rings. The Hall–Kier alpha value is -2.37. The molecule has 6 heteroatoms. The van der Waals surface area contributed by atoms with E-state index in [9.17, 15) is 4.79 Å². The fourth-order valence-corrected chi connectivity index (χ4v) is 2.41. The fraction of sp³-hybridized carbons (Fsp3) is 0.357. The summed E-state index contributed by atoms with van der Waals surface area (Å²) >= 11 is 0. The molecule has 0 spiro atoms. The maximum atomic E-state index is 11.4. The van der Waals surface area contributed by atoms with Gasteiger partial charge in [0.2, 0.25) is 0 Å². The highest BCUT2D eigenvalue weighted by Gasteiger charge is 2.26. The lowest BCUT2D eigenvalue weighted by Gasteiger charge is -2.15. The highest BCUT2D eigenvalue weighted by Crippen LogP contribution is 2.16. The molecule has 0 saturated carbocycles. The Morgan fingerprint density at radius 2 is 2.20 bits per heavy atom. The lowest BCUT2D eigenvalue weighted by Crippen LogP contribution is -2.31. The molecule has 1 unspecified atom stereocenters. The van der Waals surface area contributed by atoms with Crippen LogP contribution in [-0.4, -0.2) is 47.2 Å². The van der Waals surface area contributed by atoms with Crippen LogP contribution in [0, 0.1) is 0 Å². The van der Waals surface area contributed by atoms with Crippen LogP contribution >= 0.6 is 0 Å². The van der Waals surface area contributed by atoms with E-state index in [-0.39, 0.29) is 12.1 Å². The molecular weight excluding hydrogens is 256 g/mol. The predicted molar refractivity (Wildman–Crippen MR) is 75.5 cm³/mol. The van der Waals surface area contributed by atoms with Gasteiger partial charge in [0.1, 0.15) is 5.82 Å². The van der Waals surface area contributed by atoms with Gasteiger partial charge >= 0.3 is 6.09 Å². The Labute approximate surface area is 116 Å². The number of nitrogens with zero attached hydrogens (tertiary/aromatic N) is 3. The molecule has 6 nitrogen and oxygen atoms in total. The first kappa shape index (κ1) is 12.7. The van der Waals surface area contributed by atoms with Crippen molar-refractivity contribution in [2.24, 2.45) is 0 Å². The summed E-state index contributed by atoms with van der Waals surface area (Å²) in [7, 11) is 1.40. The summed E-state index contributed by atoms with van der Waals surface area (Å²) in [5, 5.41) is 3.32. The standard InChI is InChI=1S/C14H16N4O2/c1-20-14(19)18-7-6-10(9-18)16-13-8-15-11-4-2-3-5-12(11)17-13/h2-5,8,10H,6-7,9H2,1H3,(H,16,17). The largest absolute Gasteiger partial charge is 0.453 e. The molecular formula is C14H16N4O2. The summed E-state index contributed by atoms with van der Waals surface area (Å²) in [5.41, 5.74) is 1.74. The number of amides is 1. The van der Waals surface area contributed by atoms with Crippen molar-refractivity contribution in [3.63, 3.8) is 0 Å². The van der Waals surface area contributed by atoms with Crippen molar-refractivity contribution in [2.75, 3.05) is 25.5 Å². The van der Waals surface area contributed by atoms with Crippen LogP contribution in [0.3, 0.4) is 0 Å². The summed E-state index contributed by atoms with van der Waals surface area (Å²) in [6.45, 7) is 1.33. The van der Waals surface area contributed by atoms with Gasteiger partial charge in [-0.2, -0.15) is 0 Å². The molecule has 2 aromatic rings. The minimum Gasteiger partial charge on any atom is -0.453 e. The van der Waals surface area contributed by atoms with Gasteiger partial charge in [0.15, 0.2) is 0 Å². The molecule has 1 saturated heterocycles. The number of para-hydroxylation sites is 2. The maximum Gasteiger partial charge on any atom is 0.409 e. The number of methoxy groups -OCH3 is 1. The van der Waals surface area contributed by atoms with Gasteiger partial charge in [-0.05, 0) is 18.6 Å². The van der Waals surface area contributed by atoms with Crippen LogP contribution in [0.1, 0.15) is 6.42 Å². The number of carbonyl (C=O) groups excluding carboxylic acids is 1.